The minimum absolute atomic E-state index is 0.0416. The fraction of sp³-hybridized carbons (Fsp3) is 0.538. The SMILES string of the molecule is CC1(Cc2ccc(Br)cc2)CC1(CN)CO. The predicted molar refractivity (Wildman–Crippen MR) is 69.1 cm³/mol. The summed E-state index contributed by atoms with van der Waals surface area (Å²) in [7, 11) is 0. The largest absolute Gasteiger partial charge is 0.396 e. The molecule has 1 fully saturated rings. The molecule has 0 bridgehead atoms. The lowest BCUT2D eigenvalue weighted by atomic mass is 9.89. The van der Waals surface area contributed by atoms with Crippen LogP contribution in [-0.4, -0.2) is 18.3 Å². The van der Waals surface area contributed by atoms with Crippen molar-refractivity contribution in [2.75, 3.05) is 13.2 Å². The van der Waals surface area contributed by atoms with Gasteiger partial charge in [-0.3, -0.25) is 0 Å². The van der Waals surface area contributed by atoms with Crippen molar-refractivity contribution in [3.8, 4) is 0 Å². The molecule has 0 radical (unpaired) electrons. The molecule has 1 aliphatic rings. The van der Waals surface area contributed by atoms with Crippen LogP contribution in [0.2, 0.25) is 0 Å². The Balaban J connectivity index is 2.09. The van der Waals surface area contributed by atoms with Crippen molar-refractivity contribution < 1.29 is 5.11 Å². The van der Waals surface area contributed by atoms with Gasteiger partial charge in [-0.2, -0.15) is 0 Å². The topological polar surface area (TPSA) is 46.2 Å². The van der Waals surface area contributed by atoms with E-state index in [-0.39, 0.29) is 17.4 Å². The normalized spacial score (nSPS) is 32.8. The molecule has 1 aromatic rings. The van der Waals surface area contributed by atoms with Crippen LogP contribution in [0.1, 0.15) is 18.9 Å². The molecule has 0 heterocycles. The second kappa shape index (κ2) is 4.13. The van der Waals surface area contributed by atoms with Gasteiger partial charge in [-0.1, -0.05) is 35.0 Å². The molecule has 0 spiro atoms. The first kappa shape index (κ1) is 12.1. The molecule has 0 aliphatic heterocycles. The van der Waals surface area contributed by atoms with Crippen LogP contribution >= 0.6 is 15.9 Å². The predicted octanol–water partition coefficient (Wildman–Crippen LogP) is 2.34. The number of halogens is 1. The summed E-state index contributed by atoms with van der Waals surface area (Å²) in [6.07, 6.45) is 2.03. The summed E-state index contributed by atoms with van der Waals surface area (Å²) in [6, 6.07) is 8.38. The Bertz CT molecular complexity index is 372. The molecule has 2 unspecified atom stereocenters. The number of aliphatic hydroxyl groups excluding tert-OH is 1. The maximum absolute atomic E-state index is 9.43. The zero-order chi connectivity index (χ0) is 11.8. The maximum atomic E-state index is 9.43. The van der Waals surface area contributed by atoms with Crippen LogP contribution in [0.25, 0.3) is 0 Å². The van der Waals surface area contributed by atoms with Gasteiger partial charge in [-0.15, -0.1) is 0 Å². The highest BCUT2D eigenvalue weighted by molar-refractivity contribution is 9.10. The molecule has 1 aromatic carbocycles. The van der Waals surface area contributed by atoms with E-state index < -0.39 is 0 Å². The van der Waals surface area contributed by atoms with E-state index in [9.17, 15) is 5.11 Å². The third-order valence-corrected chi connectivity index (χ3v) is 4.61. The molecule has 2 atom stereocenters. The van der Waals surface area contributed by atoms with Crippen molar-refractivity contribution >= 4 is 15.9 Å². The smallest absolute Gasteiger partial charge is 0.0505 e. The van der Waals surface area contributed by atoms with E-state index in [1.165, 1.54) is 5.56 Å². The number of hydrogen-bond acceptors (Lipinski definition) is 2. The van der Waals surface area contributed by atoms with Gasteiger partial charge in [0.05, 0.1) is 6.61 Å². The minimum Gasteiger partial charge on any atom is -0.396 e. The van der Waals surface area contributed by atoms with Crippen molar-refractivity contribution in [1.29, 1.82) is 0 Å². The first-order valence-corrected chi connectivity index (χ1v) is 6.40. The first-order valence-electron chi connectivity index (χ1n) is 5.61. The van der Waals surface area contributed by atoms with Gasteiger partial charge in [0.2, 0.25) is 0 Å². The zero-order valence-corrected chi connectivity index (χ0v) is 11.1. The quantitative estimate of drug-likeness (QED) is 0.891. The van der Waals surface area contributed by atoms with E-state index in [1.807, 2.05) is 0 Å². The van der Waals surface area contributed by atoms with Crippen LogP contribution in [0.3, 0.4) is 0 Å². The lowest BCUT2D eigenvalue weighted by Gasteiger charge is -2.19. The van der Waals surface area contributed by atoms with Crippen LogP contribution in [0, 0.1) is 10.8 Å². The monoisotopic (exact) mass is 283 g/mol. The molecule has 2 nitrogen and oxygen atoms in total. The van der Waals surface area contributed by atoms with Gasteiger partial charge in [0.1, 0.15) is 0 Å². The summed E-state index contributed by atoms with van der Waals surface area (Å²) in [6.45, 7) is 3.01. The molecular formula is C13H18BrNO. The van der Waals surface area contributed by atoms with E-state index in [2.05, 4.69) is 47.1 Å². The van der Waals surface area contributed by atoms with Crippen LogP contribution in [0.5, 0.6) is 0 Å². The second-order valence-corrected chi connectivity index (χ2v) is 6.10. The van der Waals surface area contributed by atoms with Gasteiger partial charge < -0.3 is 10.8 Å². The fourth-order valence-electron chi connectivity index (χ4n) is 2.64. The highest BCUT2D eigenvalue weighted by atomic mass is 79.9. The lowest BCUT2D eigenvalue weighted by Crippen LogP contribution is -2.26. The molecule has 88 valence electrons. The average molecular weight is 284 g/mol. The highest BCUT2D eigenvalue weighted by Gasteiger charge is 2.62. The Kier molecular flexibility index (Phi) is 3.12. The summed E-state index contributed by atoms with van der Waals surface area (Å²) in [4.78, 5) is 0. The molecule has 16 heavy (non-hydrogen) atoms. The summed E-state index contributed by atoms with van der Waals surface area (Å²) in [5, 5.41) is 9.43. The van der Waals surface area contributed by atoms with Crippen LogP contribution in [-0.2, 0) is 6.42 Å². The first-order chi connectivity index (χ1) is 7.55. The van der Waals surface area contributed by atoms with E-state index in [0.717, 1.165) is 17.3 Å². The second-order valence-electron chi connectivity index (χ2n) is 5.18. The zero-order valence-electron chi connectivity index (χ0n) is 9.54. The number of rotatable bonds is 4. The molecule has 1 saturated carbocycles. The van der Waals surface area contributed by atoms with Gasteiger partial charge in [-0.05, 0) is 36.0 Å². The summed E-state index contributed by atoms with van der Waals surface area (Å²) in [5.41, 5.74) is 7.21. The van der Waals surface area contributed by atoms with E-state index in [1.54, 1.807) is 0 Å². The summed E-state index contributed by atoms with van der Waals surface area (Å²) < 4.78 is 1.10. The maximum Gasteiger partial charge on any atom is 0.0505 e. The van der Waals surface area contributed by atoms with Gasteiger partial charge in [-0.25, -0.2) is 0 Å². The van der Waals surface area contributed by atoms with Crippen LogP contribution in [0.4, 0.5) is 0 Å². The van der Waals surface area contributed by atoms with E-state index in [4.69, 9.17) is 5.73 Å². The fourth-order valence-corrected chi connectivity index (χ4v) is 2.90. The van der Waals surface area contributed by atoms with Crippen LogP contribution in [0.15, 0.2) is 28.7 Å². The molecule has 2 rings (SSSR count). The summed E-state index contributed by atoms with van der Waals surface area (Å²) >= 11 is 3.43. The third-order valence-electron chi connectivity index (χ3n) is 4.08. The Morgan fingerprint density at radius 2 is 2.00 bits per heavy atom. The van der Waals surface area contributed by atoms with Gasteiger partial charge in [0.15, 0.2) is 0 Å². The number of nitrogens with two attached hydrogens (primary N) is 1. The standard InChI is InChI=1S/C13H18BrNO/c1-12(7-13(12,8-15)9-16)6-10-2-4-11(14)5-3-10/h2-5,16H,6-9,15H2,1H3. The molecular weight excluding hydrogens is 266 g/mol. The van der Waals surface area contributed by atoms with Gasteiger partial charge in [0.25, 0.3) is 0 Å². The molecule has 0 aromatic heterocycles. The minimum atomic E-state index is -0.0416. The molecule has 0 saturated heterocycles. The number of benzene rings is 1. The highest BCUT2D eigenvalue weighted by Crippen LogP contribution is 2.64. The van der Waals surface area contributed by atoms with Crippen molar-refractivity contribution in [3.05, 3.63) is 34.3 Å². The van der Waals surface area contributed by atoms with E-state index in [0.29, 0.717) is 6.54 Å². The summed E-state index contributed by atoms with van der Waals surface area (Å²) in [5.74, 6) is 0. The van der Waals surface area contributed by atoms with Crippen LogP contribution < -0.4 is 5.73 Å². The molecule has 0 amide bonds. The van der Waals surface area contributed by atoms with Crippen molar-refractivity contribution in [2.24, 2.45) is 16.6 Å². The van der Waals surface area contributed by atoms with E-state index >= 15 is 0 Å². The molecule has 1 aliphatic carbocycles. The van der Waals surface area contributed by atoms with Crippen molar-refractivity contribution in [1.82, 2.24) is 0 Å². The number of aliphatic hydroxyl groups is 1. The lowest BCUT2D eigenvalue weighted by molar-refractivity contribution is 0.180. The Morgan fingerprint density at radius 1 is 1.38 bits per heavy atom. The Labute approximate surface area is 105 Å². The van der Waals surface area contributed by atoms with Crippen molar-refractivity contribution in [2.45, 2.75) is 19.8 Å². The number of hydrogen-bond donors (Lipinski definition) is 2. The van der Waals surface area contributed by atoms with Gasteiger partial charge in [0, 0.05) is 16.4 Å². The van der Waals surface area contributed by atoms with Crippen molar-refractivity contribution in [3.63, 3.8) is 0 Å². The average Bonchev–Trinajstić information content (AvgIpc) is 2.88. The molecule has 3 N–H and O–H groups in total. The third kappa shape index (κ3) is 1.92. The molecule has 3 heteroatoms. The Hall–Kier alpha value is -0.380. The van der Waals surface area contributed by atoms with Gasteiger partial charge >= 0.3 is 0 Å². The Morgan fingerprint density at radius 3 is 2.44 bits per heavy atom.